The van der Waals surface area contributed by atoms with Gasteiger partial charge in [-0.3, -0.25) is 9.79 Å². The summed E-state index contributed by atoms with van der Waals surface area (Å²) in [4.78, 5) is 15.4. The second-order valence-electron chi connectivity index (χ2n) is 4.61. The van der Waals surface area contributed by atoms with Crippen molar-refractivity contribution in [3.63, 3.8) is 0 Å². The van der Waals surface area contributed by atoms with Gasteiger partial charge in [-0.25, -0.2) is 0 Å². The summed E-state index contributed by atoms with van der Waals surface area (Å²) in [7, 11) is 0. The Hall–Kier alpha value is -1.26. The van der Waals surface area contributed by atoms with Crippen LogP contribution in [0.4, 0.5) is 0 Å². The Labute approximate surface area is 96.9 Å². The highest BCUT2D eigenvalue weighted by Crippen LogP contribution is 2.28. The topological polar surface area (TPSA) is 79.5 Å². The molecule has 0 radical (unpaired) electrons. The van der Waals surface area contributed by atoms with E-state index in [1.807, 2.05) is 0 Å². The van der Waals surface area contributed by atoms with Gasteiger partial charge in [0.05, 0.1) is 0 Å². The molecule has 1 rings (SSSR count). The fourth-order valence-electron chi connectivity index (χ4n) is 1.20. The first-order valence-corrected chi connectivity index (χ1v) is 5.91. The highest BCUT2D eigenvalue weighted by Gasteiger charge is 2.28. The van der Waals surface area contributed by atoms with E-state index in [9.17, 15) is 4.79 Å². The van der Waals surface area contributed by atoms with E-state index in [0.717, 1.165) is 19.4 Å². The lowest BCUT2D eigenvalue weighted by atomic mass is 10.2. The van der Waals surface area contributed by atoms with Crippen LogP contribution in [-0.4, -0.2) is 31.5 Å². The van der Waals surface area contributed by atoms with Crippen molar-refractivity contribution in [1.82, 2.24) is 10.6 Å². The molecule has 1 saturated carbocycles. The van der Waals surface area contributed by atoms with Gasteiger partial charge in [-0.15, -0.1) is 0 Å². The molecular formula is C11H22N4O. The molecule has 4 N–H and O–H groups in total. The van der Waals surface area contributed by atoms with Gasteiger partial charge < -0.3 is 16.4 Å². The number of carbonyl (C=O) groups excluding carboxylic acids is 1. The fraction of sp³-hybridized carbons (Fsp3) is 0.818. The fourth-order valence-corrected chi connectivity index (χ4v) is 1.20. The van der Waals surface area contributed by atoms with Gasteiger partial charge >= 0.3 is 0 Å². The van der Waals surface area contributed by atoms with E-state index < -0.39 is 0 Å². The number of guanidine groups is 1. The maximum absolute atomic E-state index is 11.3. The summed E-state index contributed by atoms with van der Waals surface area (Å²) < 4.78 is 0. The zero-order valence-electron chi connectivity index (χ0n) is 10.1. The average molecular weight is 226 g/mol. The highest BCUT2D eigenvalue weighted by atomic mass is 16.2. The van der Waals surface area contributed by atoms with Crippen molar-refractivity contribution in [1.29, 1.82) is 0 Å². The highest BCUT2D eigenvalue weighted by molar-refractivity contribution is 5.81. The van der Waals surface area contributed by atoms with Crippen molar-refractivity contribution < 1.29 is 4.79 Å². The van der Waals surface area contributed by atoms with E-state index >= 15 is 0 Å². The third kappa shape index (κ3) is 5.58. The number of nitrogens with two attached hydrogens (primary N) is 1. The molecule has 0 aromatic heterocycles. The van der Waals surface area contributed by atoms with Crippen molar-refractivity contribution >= 4 is 11.9 Å². The predicted molar refractivity (Wildman–Crippen MR) is 65.1 cm³/mol. The molecule has 92 valence electrons. The maximum Gasteiger partial charge on any atom is 0.223 e. The van der Waals surface area contributed by atoms with Crippen LogP contribution >= 0.6 is 0 Å². The molecule has 1 aliphatic rings. The zero-order chi connectivity index (χ0) is 12.0. The zero-order valence-corrected chi connectivity index (χ0v) is 10.1. The summed E-state index contributed by atoms with van der Waals surface area (Å²) in [5.41, 5.74) is 5.64. The number of hydrogen-bond donors (Lipinski definition) is 3. The molecule has 0 atom stereocenters. The van der Waals surface area contributed by atoms with Crippen molar-refractivity contribution in [3.05, 3.63) is 0 Å². The summed E-state index contributed by atoms with van der Waals surface area (Å²) in [5, 5.41) is 5.82. The first-order chi connectivity index (χ1) is 7.59. The van der Waals surface area contributed by atoms with E-state index in [0.29, 0.717) is 25.0 Å². The third-order valence-electron chi connectivity index (χ3n) is 2.31. The van der Waals surface area contributed by atoms with Gasteiger partial charge in [0, 0.05) is 25.6 Å². The molecule has 5 heteroatoms. The molecular weight excluding hydrogens is 204 g/mol. The molecule has 0 heterocycles. The number of nitrogens with zero attached hydrogens (tertiary/aromatic N) is 1. The van der Waals surface area contributed by atoms with Gasteiger partial charge in [0.15, 0.2) is 5.96 Å². The molecule has 0 bridgehead atoms. The Bertz CT molecular complexity index is 259. The summed E-state index contributed by atoms with van der Waals surface area (Å²) in [6, 6.07) is 0. The minimum Gasteiger partial charge on any atom is -0.370 e. The van der Waals surface area contributed by atoms with Crippen molar-refractivity contribution in [3.8, 4) is 0 Å². The van der Waals surface area contributed by atoms with Gasteiger partial charge in [0.2, 0.25) is 5.91 Å². The van der Waals surface area contributed by atoms with Crippen LogP contribution in [0.2, 0.25) is 0 Å². The monoisotopic (exact) mass is 226 g/mol. The lowest BCUT2D eigenvalue weighted by Crippen LogP contribution is -2.39. The SMILES string of the molecule is CC(C)CN=C(N)NCCNC(=O)C1CC1. The van der Waals surface area contributed by atoms with Gasteiger partial charge in [0.25, 0.3) is 0 Å². The molecule has 0 aromatic rings. The molecule has 5 nitrogen and oxygen atoms in total. The Balaban J connectivity index is 2.01. The Kier molecular flexibility index (Phi) is 5.08. The molecule has 0 aliphatic heterocycles. The number of aliphatic imine (C=N–C) groups is 1. The second kappa shape index (κ2) is 6.35. The van der Waals surface area contributed by atoms with E-state index in [2.05, 4.69) is 29.5 Å². The standard InChI is InChI=1S/C11H22N4O/c1-8(2)7-15-11(12)14-6-5-13-10(16)9-3-4-9/h8-9H,3-7H2,1-2H3,(H,13,16)(H3,12,14,15). The summed E-state index contributed by atoms with van der Waals surface area (Å²) in [6.45, 7) is 6.14. The molecule has 1 amide bonds. The molecule has 1 fully saturated rings. The summed E-state index contributed by atoms with van der Waals surface area (Å²) in [6.07, 6.45) is 2.08. The van der Waals surface area contributed by atoms with E-state index in [4.69, 9.17) is 5.73 Å². The summed E-state index contributed by atoms with van der Waals surface area (Å²) >= 11 is 0. The Morgan fingerprint density at radius 3 is 2.56 bits per heavy atom. The van der Waals surface area contributed by atoms with Crippen LogP contribution in [0.1, 0.15) is 26.7 Å². The minimum absolute atomic E-state index is 0.166. The number of rotatable bonds is 6. The van der Waals surface area contributed by atoms with Crippen LogP contribution in [0, 0.1) is 11.8 Å². The largest absolute Gasteiger partial charge is 0.370 e. The molecule has 0 spiro atoms. The first kappa shape index (κ1) is 12.8. The number of carbonyl (C=O) groups is 1. The molecule has 0 saturated heterocycles. The first-order valence-electron chi connectivity index (χ1n) is 5.91. The van der Waals surface area contributed by atoms with Gasteiger partial charge in [-0.05, 0) is 18.8 Å². The molecule has 0 aromatic carbocycles. The Morgan fingerprint density at radius 1 is 1.38 bits per heavy atom. The smallest absolute Gasteiger partial charge is 0.223 e. The predicted octanol–water partition coefficient (Wildman–Crippen LogP) is 0.0729. The van der Waals surface area contributed by atoms with E-state index in [1.54, 1.807) is 0 Å². The molecule has 1 aliphatic carbocycles. The Morgan fingerprint density at radius 2 is 2.00 bits per heavy atom. The third-order valence-corrected chi connectivity index (χ3v) is 2.31. The molecule has 0 unspecified atom stereocenters. The summed E-state index contributed by atoms with van der Waals surface area (Å²) in [5.74, 6) is 1.40. The lowest BCUT2D eigenvalue weighted by Gasteiger charge is -2.07. The maximum atomic E-state index is 11.3. The number of hydrogen-bond acceptors (Lipinski definition) is 2. The van der Waals surface area contributed by atoms with Crippen molar-refractivity contribution in [2.75, 3.05) is 19.6 Å². The van der Waals surface area contributed by atoms with Gasteiger partial charge in [0.1, 0.15) is 0 Å². The second-order valence-corrected chi connectivity index (χ2v) is 4.61. The minimum atomic E-state index is 0.166. The van der Waals surface area contributed by atoms with Gasteiger partial charge in [-0.1, -0.05) is 13.8 Å². The number of nitrogens with one attached hydrogen (secondary N) is 2. The van der Waals surface area contributed by atoms with Crippen molar-refractivity contribution in [2.24, 2.45) is 22.6 Å². The van der Waals surface area contributed by atoms with Crippen LogP contribution < -0.4 is 16.4 Å². The average Bonchev–Trinajstić information content (AvgIpc) is 3.04. The quantitative estimate of drug-likeness (QED) is 0.341. The number of amides is 1. The molecule has 16 heavy (non-hydrogen) atoms. The van der Waals surface area contributed by atoms with Crippen LogP contribution in [0.15, 0.2) is 4.99 Å². The van der Waals surface area contributed by atoms with E-state index in [-0.39, 0.29) is 11.8 Å². The van der Waals surface area contributed by atoms with E-state index in [1.165, 1.54) is 0 Å². The van der Waals surface area contributed by atoms with Crippen LogP contribution in [0.25, 0.3) is 0 Å². The van der Waals surface area contributed by atoms with Crippen LogP contribution in [0.3, 0.4) is 0 Å². The lowest BCUT2D eigenvalue weighted by molar-refractivity contribution is -0.122. The van der Waals surface area contributed by atoms with Crippen LogP contribution in [0.5, 0.6) is 0 Å². The van der Waals surface area contributed by atoms with Crippen LogP contribution in [-0.2, 0) is 4.79 Å². The van der Waals surface area contributed by atoms with Crippen molar-refractivity contribution in [2.45, 2.75) is 26.7 Å². The normalized spacial score (nSPS) is 16.3. The van der Waals surface area contributed by atoms with Gasteiger partial charge in [-0.2, -0.15) is 0 Å².